The van der Waals surface area contributed by atoms with Crippen molar-refractivity contribution in [2.45, 2.75) is 13.8 Å². The van der Waals surface area contributed by atoms with Crippen LogP contribution in [-0.2, 0) is 9.59 Å². The zero-order valence-electron chi connectivity index (χ0n) is 13.9. The molecule has 9 heteroatoms. The van der Waals surface area contributed by atoms with Crippen molar-refractivity contribution in [3.63, 3.8) is 0 Å². The van der Waals surface area contributed by atoms with Gasteiger partial charge in [-0.25, -0.2) is 5.43 Å². The average molecular weight is 419 g/mol. The van der Waals surface area contributed by atoms with Crippen LogP contribution in [0, 0.1) is 17.0 Å². The normalized spacial score (nSPS) is 11.0. The van der Waals surface area contributed by atoms with E-state index in [-0.39, 0.29) is 5.69 Å². The Balaban J connectivity index is 2.00. The van der Waals surface area contributed by atoms with Crippen LogP contribution in [0.2, 0.25) is 0 Å². The molecule has 134 valence electrons. The number of benzene rings is 2. The van der Waals surface area contributed by atoms with Crippen LogP contribution in [0.25, 0.3) is 0 Å². The zero-order valence-corrected chi connectivity index (χ0v) is 15.5. The topological polar surface area (TPSA) is 114 Å². The Kier molecular flexibility index (Phi) is 6.18. The maximum atomic E-state index is 11.9. The molecule has 2 N–H and O–H groups in total. The summed E-state index contributed by atoms with van der Waals surface area (Å²) in [6.07, 6.45) is 0. The summed E-state index contributed by atoms with van der Waals surface area (Å²) in [5.41, 5.74) is 4.42. The molecule has 0 unspecified atom stereocenters. The highest BCUT2D eigenvalue weighted by Crippen LogP contribution is 2.19. The molecule has 0 radical (unpaired) electrons. The van der Waals surface area contributed by atoms with Gasteiger partial charge in [-0.15, -0.1) is 0 Å². The lowest BCUT2D eigenvalue weighted by molar-refractivity contribution is -0.384. The highest BCUT2D eigenvalue weighted by Gasteiger charge is 2.14. The third kappa shape index (κ3) is 4.96. The zero-order chi connectivity index (χ0) is 19.3. The summed E-state index contributed by atoms with van der Waals surface area (Å²) in [7, 11) is 0. The van der Waals surface area contributed by atoms with E-state index >= 15 is 0 Å². The minimum absolute atomic E-state index is 0.0465. The highest BCUT2D eigenvalue weighted by molar-refractivity contribution is 9.10. The van der Waals surface area contributed by atoms with Crippen LogP contribution in [-0.4, -0.2) is 22.4 Å². The van der Waals surface area contributed by atoms with Gasteiger partial charge in [0.05, 0.1) is 10.6 Å². The summed E-state index contributed by atoms with van der Waals surface area (Å²) in [4.78, 5) is 33.9. The molecule has 0 saturated heterocycles. The average Bonchev–Trinajstić information content (AvgIpc) is 2.61. The molecule has 2 aromatic carbocycles. The van der Waals surface area contributed by atoms with Crippen LogP contribution >= 0.6 is 15.9 Å². The lowest BCUT2D eigenvalue weighted by Gasteiger charge is -2.08. The summed E-state index contributed by atoms with van der Waals surface area (Å²) >= 11 is 3.32. The Bertz CT molecular complexity index is 894. The minimum Gasteiger partial charge on any atom is -0.317 e. The molecule has 0 aromatic heterocycles. The van der Waals surface area contributed by atoms with Gasteiger partial charge in [0.2, 0.25) is 0 Å². The minimum atomic E-state index is -0.923. The summed E-state index contributed by atoms with van der Waals surface area (Å²) in [5.74, 6) is -1.77. The van der Waals surface area contributed by atoms with Gasteiger partial charge in [0.15, 0.2) is 0 Å². The highest BCUT2D eigenvalue weighted by atomic mass is 79.9. The van der Waals surface area contributed by atoms with Crippen molar-refractivity contribution in [3.05, 3.63) is 68.2 Å². The molecule has 0 spiro atoms. The van der Waals surface area contributed by atoms with Gasteiger partial charge in [0, 0.05) is 22.3 Å². The number of hydrogen-bond acceptors (Lipinski definition) is 5. The number of nitrogens with zero attached hydrogens (tertiary/aromatic N) is 2. The molecular weight excluding hydrogens is 404 g/mol. The summed E-state index contributed by atoms with van der Waals surface area (Å²) in [6.45, 7) is 3.41. The first-order valence-corrected chi connectivity index (χ1v) is 8.24. The molecule has 0 heterocycles. The third-order valence-electron chi connectivity index (χ3n) is 3.46. The fraction of sp³-hybridized carbons (Fsp3) is 0.118. The molecule has 0 aliphatic carbocycles. The van der Waals surface area contributed by atoms with Crippen LogP contribution in [0.3, 0.4) is 0 Å². The number of hydrogen-bond donors (Lipinski definition) is 2. The van der Waals surface area contributed by atoms with Crippen LogP contribution < -0.4 is 10.7 Å². The monoisotopic (exact) mass is 418 g/mol. The van der Waals surface area contributed by atoms with Gasteiger partial charge in [-0.05, 0) is 55.3 Å². The van der Waals surface area contributed by atoms with Gasteiger partial charge < -0.3 is 5.32 Å². The molecule has 26 heavy (non-hydrogen) atoms. The van der Waals surface area contributed by atoms with Gasteiger partial charge in [-0.3, -0.25) is 19.7 Å². The third-order valence-corrected chi connectivity index (χ3v) is 3.96. The molecule has 2 amide bonds. The molecule has 0 atom stereocenters. The predicted octanol–water partition coefficient (Wildman–Crippen LogP) is 3.14. The van der Waals surface area contributed by atoms with Crippen molar-refractivity contribution in [2.75, 3.05) is 5.32 Å². The summed E-state index contributed by atoms with van der Waals surface area (Å²) < 4.78 is 0.862. The first-order chi connectivity index (χ1) is 12.3. The number of nitrogens with one attached hydrogen (secondary N) is 2. The second-order valence-electron chi connectivity index (χ2n) is 5.36. The summed E-state index contributed by atoms with van der Waals surface area (Å²) in [5, 5.41) is 17.0. The smallest absolute Gasteiger partial charge is 0.317 e. The second-order valence-corrected chi connectivity index (χ2v) is 6.27. The largest absolute Gasteiger partial charge is 0.329 e. The molecule has 8 nitrogen and oxygen atoms in total. The van der Waals surface area contributed by atoms with Crippen molar-refractivity contribution in [3.8, 4) is 0 Å². The van der Waals surface area contributed by atoms with E-state index in [1.165, 1.54) is 24.3 Å². The number of hydrazone groups is 1. The van der Waals surface area contributed by atoms with E-state index in [1.54, 1.807) is 26.0 Å². The lowest BCUT2D eigenvalue weighted by atomic mass is 10.1. The van der Waals surface area contributed by atoms with Crippen LogP contribution in [0.5, 0.6) is 0 Å². The predicted molar refractivity (Wildman–Crippen MR) is 101 cm³/mol. The number of amides is 2. The molecular formula is C17H15BrN4O4. The van der Waals surface area contributed by atoms with Crippen molar-refractivity contribution >= 4 is 44.8 Å². The second kappa shape index (κ2) is 8.34. The number of nitro groups is 1. The maximum Gasteiger partial charge on any atom is 0.329 e. The number of halogens is 1. The molecule has 2 aromatic rings. The fourth-order valence-corrected chi connectivity index (χ4v) is 2.50. The molecule has 0 saturated carbocycles. The van der Waals surface area contributed by atoms with Gasteiger partial charge in [-0.1, -0.05) is 15.9 Å². The van der Waals surface area contributed by atoms with E-state index in [9.17, 15) is 19.7 Å². The summed E-state index contributed by atoms with van der Waals surface area (Å²) in [6, 6.07) is 10.9. The standard InChI is InChI=1S/C17H15BrN4O4/c1-10-9-13(18)5-8-15(10)19-16(23)17(24)21-20-11(2)12-3-6-14(7-4-12)22(25)26/h3-9H,1-2H3,(H,19,23)(H,21,24). The van der Waals surface area contributed by atoms with Gasteiger partial charge in [0.1, 0.15) is 0 Å². The van der Waals surface area contributed by atoms with E-state index in [0.29, 0.717) is 17.0 Å². The van der Waals surface area contributed by atoms with Gasteiger partial charge in [0.25, 0.3) is 5.69 Å². The molecule has 2 rings (SSSR count). The molecule has 0 aliphatic rings. The first kappa shape index (κ1) is 19.3. The number of aryl methyl sites for hydroxylation is 1. The number of carbonyl (C=O) groups excluding carboxylic acids is 2. The van der Waals surface area contributed by atoms with Crippen molar-refractivity contribution in [1.82, 2.24) is 5.43 Å². The Morgan fingerprint density at radius 3 is 2.35 bits per heavy atom. The van der Waals surface area contributed by atoms with Crippen molar-refractivity contribution < 1.29 is 14.5 Å². The van der Waals surface area contributed by atoms with Crippen LogP contribution in [0.15, 0.2) is 52.0 Å². The quantitative estimate of drug-likeness (QED) is 0.343. The fourth-order valence-electron chi connectivity index (χ4n) is 2.02. The van der Waals surface area contributed by atoms with E-state index < -0.39 is 16.7 Å². The number of carbonyl (C=O) groups is 2. The van der Waals surface area contributed by atoms with Gasteiger partial charge in [-0.2, -0.15) is 5.10 Å². The van der Waals surface area contributed by atoms with Crippen molar-refractivity contribution in [1.29, 1.82) is 0 Å². The number of non-ortho nitro benzene ring substituents is 1. The van der Waals surface area contributed by atoms with Crippen molar-refractivity contribution in [2.24, 2.45) is 5.10 Å². The molecule has 0 fully saturated rings. The van der Waals surface area contributed by atoms with E-state index in [1.807, 2.05) is 6.07 Å². The lowest BCUT2D eigenvalue weighted by Crippen LogP contribution is -2.33. The maximum absolute atomic E-state index is 11.9. The Morgan fingerprint density at radius 2 is 1.77 bits per heavy atom. The van der Waals surface area contributed by atoms with Crippen LogP contribution in [0.4, 0.5) is 11.4 Å². The first-order valence-electron chi connectivity index (χ1n) is 7.44. The Morgan fingerprint density at radius 1 is 1.12 bits per heavy atom. The molecule has 0 bridgehead atoms. The van der Waals surface area contributed by atoms with E-state index in [0.717, 1.165) is 10.0 Å². The van der Waals surface area contributed by atoms with E-state index in [2.05, 4.69) is 31.8 Å². The Labute approximate surface area is 157 Å². The van der Waals surface area contributed by atoms with Gasteiger partial charge >= 0.3 is 11.8 Å². The Hall–Kier alpha value is -3.07. The number of nitro benzene ring substituents is 1. The molecule has 0 aliphatic heterocycles. The van der Waals surface area contributed by atoms with Crippen LogP contribution in [0.1, 0.15) is 18.1 Å². The van der Waals surface area contributed by atoms with E-state index in [4.69, 9.17) is 0 Å². The number of rotatable bonds is 4. The SMILES string of the molecule is CC(=NNC(=O)C(=O)Nc1ccc(Br)cc1C)c1ccc([N+](=O)[O-])cc1. The number of anilines is 1.